The molecule has 0 bridgehead atoms. The van der Waals surface area contributed by atoms with E-state index in [1.54, 1.807) is 0 Å². The minimum absolute atomic E-state index is 0.151. The van der Waals surface area contributed by atoms with Crippen LogP contribution in [0.5, 0.6) is 0 Å². The van der Waals surface area contributed by atoms with Crippen LogP contribution >= 0.6 is 0 Å². The lowest BCUT2D eigenvalue weighted by Crippen LogP contribution is -2.38. The van der Waals surface area contributed by atoms with Crippen LogP contribution in [-0.2, 0) is 22.4 Å². The Balaban J connectivity index is 1.89. The summed E-state index contributed by atoms with van der Waals surface area (Å²) in [6, 6.07) is 7.27. The van der Waals surface area contributed by atoms with Crippen molar-refractivity contribution in [1.82, 2.24) is 15.3 Å². The van der Waals surface area contributed by atoms with Crippen molar-refractivity contribution in [2.24, 2.45) is 0 Å². The number of methoxy groups -OCH3 is 1. The maximum atomic E-state index is 12.0. The van der Waals surface area contributed by atoms with Crippen molar-refractivity contribution in [2.75, 3.05) is 13.7 Å². The molecule has 7 nitrogen and oxygen atoms in total. The molecular weight excluding hydrogens is 310 g/mol. The number of amides is 1. The second-order valence-corrected chi connectivity index (χ2v) is 5.43. The summed E-state index contributed by atoms with van der Waals surface area (Å²) in [5, 5.41) is 12.2. The van der Waals surface area contributed by atoms with Crippen molar-refractivity contribution >= 4 is 11.9 Å². The normalized spacial score (nSPS) is 11.8. The lowest BCUT2D eigenvalue weighted by atomic mass is 10.0. The van der Waals surface area contributed by atoms with Gasteiger partial charge in [0.15, 0.2) is 0 Å². The van der Waals surface area contributed by atoms with Gasteiger partial charge in [0, 0.05) is 0 Å². The summed E-state index contributed by atoms with van der Waals surface area (Å²) in [5.74, 6) is -0.585. The Morgan fingerprint density at radius 1 is 1.38 bits per heavy atom. The van der Waals surface area contributed by atoms with Gasteiger partial charge < -0.3 is 20.1 Å². The first-order chi connectivity index (χ1) is 11.6. The number of H-pyrrole nitrogens is 1. The lowest BCUT2D eigenvalue weighted by Gasteiger charge is -2.16. The number of hydrogen-bond donors (Lipinski definition) is 3. The number of aromatic amines is 1. The fourth-order valence-electron chi connectivity index (χ4n) is 2.33. The monoisotopic (exact) mass is 331 g/mol. The van der Waals surface area contributed by atoms with E-state index < -0.39 is 0 Å². The van der Waals surface area contributed by atoms with E-state index in [-0.39, 0.29) is 30.9 Å². The van der Waals surface area contributed by atoms with Crippen molar-refractivity contribution in [3.8, 4) is 0 Å². The molecule has 0 aliphatic carbocycles. The van der Waals surface area contributed by atoms with Gasteiger partial charge in [-0.2, -0.15) is 0 Å². The molecule has 0 saturated carbocycles. The number of carbonyl (C=O) groups excluding carboxylic acids is 2. The van der Waals surface area contributed by atoms with Crippen LogP contribution < -0.4 is 5.32 Å². The number of carbonyl (C=O) groups is 2. The molecule has 128 valence electrons. The van der Waals surface area contributed by atoms with E-state index in [2.05, 4.69) is 20.0 Å². The number of rotatable bonds is 8. The van der Waals surface area contributed by atoms with Crippen molar-refractivity contribution < 1.29 is 19.4 Å². The van der Waals surface area contributed by atoms with Gasteiger partial charge in [0.1, 0.15) is 5.69 Å². The molecule has 1 aromatic heterocycles. The molecule has 0 spiro atoms. The third-order valence-electron chi connectivity index (χ3n) is 3.65. The molecule has 0 saturated heterocycles. The second kappa shape index (κ2) is 8.83. The van der Waals surface area contributed by atoms with Gasteiger partial charge in [-0.15, -0.1) is 0 Å². The summed E-state index contributed by atoms with van der Waals surface area (Å²) < 4.78 is 4.66. The number of esters is 1. The highest BCUT2D eigenvalue weighted by Gasteiger charge is 2.14. The van der Waals surface area contributed by atoms with Crippen molar-refractivity contribution in [2.45, 2.75) is 25.3 Å². The number of aliphatic hydroxyl groups is 1. The highest BCUT2D eigenvalue weighted by Crippen LogP contribution is 2.10. The molecule has 0 radical (unpaired) electrons. The highest BCUT2D eigenvalue weighted by molar-refractivity contribution is 5.92. The van der Waals surface area contributed by atoms with Crippen LogP contribution in [0, 0.1) is 0 Å². The Hall–Kier alpha value is -2.67. The predicted octanol–water partition coefficient (Wildman–Crippen LogP) is 0.849. The van der Waals surface area contributed by atoms with Crippen LogP contribution in [0.2, 0.25) is 0 Å². The van der Waals surface area contributed by atoms with E-state index in [1.165, 1.54) is 19.6 Å². The van der Waals surface area contributed by atoms with Crippen LogP contribution in [-0.4, -0.2) is 46.7 Å². The summed E-state index contributed by atoms with van der Waals surface area (Å²) in [5.41, 5.74) is 2.26. The maximum Gasteiger partial charge on any atom is 0.309 e. The minimum atomic E-state index is -0.356. The quantitative estimate of drug-likeness (QED) is 0.622. The summed E-state index contributed by atoms with van der Waals surface area (Å²) in [4.78, 5) is 29.8. The van der Waals surface area contributed by atoms with Gasteiger partial charge in [-0.25, -0.2) is 4.98 Å². The molecule has 1 atom stereocenters. The van der Waals surface area contributed by atoms with Crippen LogP contribution in [0.3, 0.4) is 0 Å². The average molecular weight is 331 g/mol. The topological polar surface area (TPSA) is 104 Å². The van der Waals surface area contributed by atoms with Crippen LogP contribution in [0.15, 0.2) is 36.8 Å². The van der Waals surface area contributed by atoms with Gasteiger partial charge in [-0.3, -0.25) is 9.59 Å². The van der Waals surface area contributed by atoms with Crippen molar-refractivity contribution in [1.29, 1.82) is 0 Å². The number of nitrogens with zero attached hydrogens (tertiary/aromatic N) is 1. The maximum absolute atomic E-state index is 12.0. The minimum Gasteiger partial charge on any atom is -0.469 e. The van der Waals surface area contributed by atoms with E-state index in [0.29, 0.717) is 18.5 Å². The summed E-state index contributed by atoms with van der Waals surface area (Å²) in [6.45, 7) is -0.151. The Morgan fingerprint density at radius 2 is 2.17 bits per heavy atom. The second-order valence-electron chi connectivity index (χ2n) is 5.43. The number of ether oxygens (including phenoxy) is 1. The molecule has 0 aliphatic heterocycles. The zero-order chi connectivity index (χ0) is 17.4. The third kappa shape index (κ3) is 5.20. The first-order valence-electron chi connectivity index (χ1n) is 7.67. The van der Waals surface area contributed by atoms with E-state index in [0.717, 1.165) is 11.1 Å². The van der Waals surface area contributed by atoms with Crippen LogP contribution in [0.1, 0.15) is 28.0 Å². The number of aromatic nitrogens is 2. The molecule has 24 heavy (non-hydrogen) atoms. The summed E-state index contributed by atoms with van der Waals surface area (Å²) in [7, 11) is 1.36. The largest absolute Gasteiger partial charge is 0.469 e. The Bertz CT molecular complexity index is 670. The van der Waals surface area contributed by atoms with Gasteiger partial charge >= 0.3 is 5.97 Å². The molecule has 0 aliphatic rings. The smallest absolute Gasteiger partial charge is 0.309 e. The molecule has 2 rings (SSSR count). The van der Waals surface area contributed by atoms with E-state index in [1.807, 2.05) is 24.3 Å². The van der Waals surface area contributed by atoms with E-state index in [4.69, 9.17) is 0 Å². The van der Waals surface area contributed by atoms with Gasteiger partial charge in [0.2, 0.25) is 0 Å². The third-order valence-corrected chi connectivity index (χ3v) is 3.65. The zero-order valence-corrected chi connectivity index (χ0v) is 13.5. The number of imidazole rings is 1. The fraction of sp³-hybridized carbons (Fsp3) is 0.353. The van der Waals surface area contributed by atoms with Crippen molar-refractivity contribution in [3.63, 3.8) is 0 Å². The number of nitrogens with one attached hydrogen (secondary N) is 2. The number of hydrogen-bond acceptors (Lipinski definition) is 5. The Morgan fingerprint density at radius 3 is 2.83 bits per heavy atom. The van der Waals surface area contributed by atoms with Gasteiger partial charge in [0.25, 0.3) is 5.91 Å². The number of benzene rings is 1. The highest BCUT2D eigenvalue weighted by atomic mass is 16.5. The van der Waals surface area contributed by atoms with Gasteiger partial charge in [0.05, 0.1) is 38.7 Å². The fourth-order valence-corrected chi connectivity index (χ4v) is 2.33. The van der Waals surface area contributed by atoms with E-state index >= 15 is 0 Å². The molecule has 1 unspecified atom stereocenters. The lowest BCUT2D eigenvalue weighted by molar-refractivity contribution is -0.139. The van der Waals surface area contributed by atoms with Crippen molar-refractivity contribution in [3.05, 3.63) is 53.6 Å². The molecule has 3 N–H and O–H groups in total. The number of aliphatic hydroxyl groups excluding tert-OH is 1. The van der Waals surface area contributed by atoms with Gasteiger partial charge in [-0.1, -0.05) is 24.3 Å². The van der Waals surface area contributed by atoms with E-state index in [9.17, 15) is 14.7 Å². The number of aryl methyl sites for hydroxylation is 1. The molecular formula is C17H21N3O4. The Labute approximate surface area is 140 Å². The SMILES string of the molecule is COC(=O)Cc1cccc(CCC(CO)NC(=O)c2cnc[nH]2)c1. The molecule has 1 heterocycles. The molecule has 1 amide bonds. The summed E-state index contributed by atoms with van der Waals surface area (Å²) >= 11 is 0. The molecule has 2 aromatic rings. The molecule has 0 fully saturated rings. The summed E-state index contributed by atoms with van der Waals surface area (Å²) in [6.07, 6.45) is 4.33. The molecule has 1 aromatic carbocycles. The molecule has 7 heteroatoms. The first kappa shape index (κ1) is 17.7. The van der Waals surface area contributed by atoms with Crippen LogP contribution in [0.4, 0.5) is 0 Å². The standard InChI is InChI=1S/C17H21N3O4/c1-24-16(22)8-13-4-2-3-12(7-13)5-6-14(10-21)20-17(23)15-9-18-11-19-15/h2-4,7,9,11,14,21H,5-6,8,10H2,1H3,(H,18,19)(H,20,23). The van der Waals surface area contributed by atoms with Gasteiger partial charge in [-0.05, 0) is 24.0 Å². The first-order valence-corrected chi connectivity index (χ1v) is 7.67. The predicted molar refractivity (Wildman–Crippen MR) is 87.4 cm³/mol. The van der Waals surface area contributed by atoms with Crippen LogP contribution in [0.25, 0.3) is 0 Å². The average Bonchev–Trinajstić information content (AvgIpc) is 3.13. The zero-order valence-electron chi connectivity index (χ0n) is 13.5. The Kier molecular flexibility index (Phi) is 6.51.